The van der Waals surface area contributed by atoms with E-state index in [0.717, 1.165) is 28.9 Å². The van der Waals surface area contributed by atoms with Gasteiger partial charge >= 0.3 is 0 Å². The molecule has 1 aromatic heterocycles. The number of nitrogens with two attached hydrogens (primary N) is 1. The number of anilines is 1. The van der Waals surface area contributed by atoms with Gasteiger partial charge < -0.3 is 10.5 Å². The minimum atomic E-state index is 0.522. The maximum absolute atomic E-state index is 5.81. The first-order valence-electron chi connectivity index (χ1n) is 5.92. The van der Waals surface area contributed by atoms with Gasteiger partial charge in [-0.3, -0.25) is 0 Å². The predicted molar refractivity (Wildman–Crippen MR) is 72.5 cm³/mol. The Labute approximate surface area is 107 Å². The van der Waals surface area contributed by atoms with Crippen molar-refractivity contribution in [1.29, 1.82) is 0 Å². The van der Waals surface area contributed by atoms with E-state index in [0.29, 0.717) is 11.6 Å². The second-order valence-electron chi connectivity index (χ2n) is 4.14. The highest BCUT2D eigenvalue weighted by atomic mass is 16.5. The third-order valence-electron chi connectivity index (χ3n) is 2.93. The second kappa shape index (κ2) is 5.04. The van der Waals surface area contributed by atoms with Crippen LogP contribution in [0, 0.1) is 6.92 Å². The summed E-state index contributed by atoms with van der Waals surface area (Å²) in [4.78, 5) is 8.61. The molecule has 0 aliphatic rings. The average molecular weight is 243 g/mol. The monoisotopic (exact) mass is 243 g/mol. The number of rotatable bonds is 3. The summed E-state index contributed by atoms with van der Waals surface area (Å²) < 4.78 is 5.30. The first kappa shape index (κ1) is 12.4. The van der Waals surface area contributed by atoms with E-state index in [1.807, 2.05) is 25.1 Å². The summed E-state index contributed by atoms with van der Waals surface area (Å²) in [5.74, 6) is 2.06. The smallest absolute Gasteiger partial charge is 0.161 e. The van der Waals surface area contributed by atoms with Crippen molar-refractivity contribution in [1.82, 2.24) is 9.97 Å². The number of nitrogens with zero attached hydrogens (tertiary/aromatic N) is 2. The minimum absolute atomic E-state index is 0.522. The molecule has 2 rings (SSSR count). The zero-order chi connectivity index (χ0) is 13.1. The minimum Gasteiger partial charge on any atom is -0.496 e. The van der Waals surface area contributed by atoms with Crippen LogP contribution in [0.5, 0.6) is 5.75 Å². The van der Waals surface area contributed by atoms with Crippen molar-refractivity contribution in [2.75, 3.05) is 12.8 Å². The molecule has 4 heteroatoms. The van der Waals surface area contributed by atoms with Gasteiger partial charge in [-0.25, -0.2) is 9.97 Å². The summed E-state index contributed by atoms with van der Waals surface area (Å²) in [5.41, 5.74) is 8.79. The molecule has 1 aromatic carbocycles. The Bertz CT molecular complexity index is 567. The van der Waals surface area contributed by atoms with Crippen LogP contribution in [-0.2, 0) is 6.42 Å². The van der Waals surface area contributed by atoms with Gasteiger partial charge in [0.15, 0.2) is 5.82 Å². The molecule has 4 nitrogen and oxygen atoms in total. The molecule has 0 spiro atoms. The predicted octanol–water partition coefficient (Wildman–Crippen LogP) is 2.61. The van der Waals surface area contributed by atoms with Crippen molar-refractivity contribution in [3.05, 3.63) is 35.5 Å². The molecule has 0 amide bonds. The van der Waals surface area contributed by atoms with E-state index in [2.05, 4.69) is 16.9 Å². The summed E-state index contributed by atoms with van der Waals surface area (Å²) in [6, 6.07) is 5.93. The third kappa shape index (κ3) is 2.27. The number of nitrogen functional groups attached to an aromatic ring is 1. The molecule has 0 aliphatic heterocycles. The Morgan fingerprint density at radius 3 is 2.72 bits per heavy atom. The molecule has 0 saturated heterocycles. The van der Waals surface area contributed by atoms with Crippen molar-refractivity contribution >= 4 is 5.82 Å². The highest BCUT2D eigenvalue weighted by Crippen LogP contribution is 2.25. The lowest BCUT2D eigenvalue weighted by Gasteiger charge is -2.09. The SMILES string of the molecule is CCc1cc(-c2ncc(C)c(N)n2)ccc1OC. The van der Waals surface area contributed by atoms with Gasteiger partial charge in [-0.1, -0.05) is 6.92 Å². The lowest BCUT2D eigenvalue weighted by molar-refractivity contribution is 0.410. The van der Waals surface area contributed by atoms with E-state index in [1.165, 1.54) is 0 Å². The standard InChI is InChI=1S/C14H17N3O/c1-4-10-7-11(5-6-12(10)18-3)14-16-8-9(2)13(15)17-14/h5-8H,4H2,1-3H3,(H2,15,16,17). The quantitative estimate of drug-likeness (QED) is 0.900. The first-order valence-corrected chi connectivity index (χ1v) is 5.92. The van der Waals surface area contributed by atoms with Gasteiger partial charge in [0.25, 0.3) is 0 Å². The van der Waals surface area contributed by atoms with Gasteiger partial charge in [0.2, 0.25) is 0 Å². The van der Waals surface area contributed by atoms with Crippen LogP contribution >= 0.6 is 0 Å². The Hall–Kier alpha value is -2.10. The molecular weight excluding hydrogens is 226 g/mol. The Balaban J connectivity index is 2.47. The number of ether oxygens (including phenoxy) is 1. The van der Waals surface area contributed by atoms with Gasteiger partial charge in [0, 0.05) is 17.3 Å². The van der Waals surface area contributed by atoms with Gasteiger partial charge in [-0.15, -0.1) is 0 Å². The largest absolute Gasteiger partial charge is 0.496 e. The van der Waals surface area contributed by atoms with Gasteiger partial charge in [-0.05, 0) is 37.1 Å². The Morgan fingerprint density at radius 2 is 2.11 bits per heavy atom. The van der Waals surface area contributed by atoms with Gasteiger partial charge in [-0.2, -0.15) is 0 Å². The summed E-state index contributed by atoms with van der Waals surface area (Å²) in [6.45, 7) is 3.98. The summed E-state index contributed by atoms with van der Waals surface area (Å²) in [6.07, 6.45) is 2.64. The number of hydrogen-bond donors (Lipinski definition) is 1. The molecule has 18 heavy (non-hydrogen) atoms. The second-order valence-corrected chi connectivity index (χ2v) is 4.14. The van der Waals surface area contributed by atoms with Crippen molar-refractivity contribution < 1.29 is 4.74 Å². The van der Waals surface area contributed by atoms with Crippen molar-refractivity contribution in [3.8, 4) is 17.1 Å². The zero-order valence-electron chi connectivity index (χ0n) is 10.9. The fourth-order valence-corrected chi connectivity index (χ4v) is 1.79. The van der Waals surface area contributed by atoms with Crippen LogP contribution in [0.2, 0.25) is 0 Å². The lowest BCUT2D eigenvalue weighted by Crippen LogP contribution is -1.99. The molecule has 0 radical (unpaired) electrons. The fraction of sp³-hybridized carbons (Fsp3) is 0.286. The Kier molecular flexibility index (Phi) is 3.46. The molecule has 94 valence electrons. The van der Waals surface area contributed by atoms with Crippen molar-refractivity contribution in [2.45, 2.75) is 20.3 Å². The fourth-order valence-electron chi connectivity index (χ4n) is 1.79. The Morgan fingerprint density at radius 1 is 1.33 bits per heavy atom. The van der Waals surface area contributed by atoms with Crippen LogP contribution in [0.4, 0.5) is 5.82 Å². The highest BCUT2D eigenvalue weighted by Gasteiger charge is 2.07. The summed E-state index contributed by atoms with van der Waals surface area (Å²) in [5, 5.41) is 0. The molecule has 0 saturated carbocycles. The van der Waals surface area contributed by atoms with E-state index in [1.54, 1.807) is 13.3 Å². The van der Waals surface area contributed by atoms with Crippen LogP contribution in [0.1, 0.15) is 18.1 Å². The molecule has 0 unspecified atom stereocenters. The van der Waals surface area contributed by atoms with E-state index >= 15 is 0 Å². The number of hydrogen-bond acceptors (Lipinski definition) is 4. The summed E-state index contributed by atoms with van der Waals surface area (Å²) >= 11 is 0. The maximum atomic E-state index is 5.81. The van der Waals surface area contributed by atoms with Crippen LogP contribution in [0.3, 0.4) is 0 Å². The molecule has 0 fully saturated rings. The van der Waals surface area contributed by atoms with E-state index in [-0.39, 0.29) is 0 Å². The van der Waals surface area contributed by atoms with Gasteiger partial charge in [0.05, 0.1) is 7.11 Å². The average Bonchev–Trinajstić information content (AvgIpc) is 2.41. The number of benzene rings is 1. The van der Waals surface area contributed by atoms with E-state index < -0.39 is 0 Å². The summed E-state index contributed by atoms with van der Waals surface area (Å²) in [7, 11) is 1.68. The van der Waals surface area contributed by atoms with Crippen LogP contribution in [0.25, 0.3) is 11.4 Å². The van der Waals surface area contributed by atoms with Crippen LogP contribution in [0.15, 0.2) is 24.4 Å². The zero-order valence-corrected chi connectivity index (χ0v) is 10.9. The lowest BCUT2D eigenvalue weighted by atomic mass is 10.1. The molecular formula is C14H17N3O. The molecule has 0 atom stereocenters. The first-order chi connectivity index (χ1) is 8.65. The third-order valence-corrected chi connectivity index (χ3v) is 2.93. The normalized spacial score (nSPS) is 10.4. The number of methoxy groups -OCH3 is 1. The van der Waals surface area contributed by atoms with E-state index in [4.69, 9.17) is 10.5 Å². The molecule has 2 aromatic rings. The molecule has 0 bridgehead atoms. The van der Waals surface area contributed by atoms with Crippen LogP contribution in [-0.4, -0.2) is 17.1 Å². The molecule has 2 N–H and O–H groups in total. The van der Waals surface area contributed by atoms with Crippen molar-refractivity contribution in [2.24, 2.45) is 0 Å². The number of aromatic nitrogens is 2. The molecule has 1 heterocycles. The van der Waals surface area contributed by atoms with Crippen molar-refractivity contribution in [3.63, 3.8) is 0 Å². The maximum Gasteiger partial charge on any atom is 0.161 e. The van der Waals surface area contributed by atoms with Crippen LogP contribution < -0.4 is 10.5 Å². The van der Waals surface area contributed by atoms with Gasteiger partial charge in [0.1, 0.15) is 11.6 Å². The number of aryl methyl sites for hydroxylation is 2. The van der Waals surface area contributed by atoms with E-state index in [9.17, 15) is 0 Å². The topological polar surface area (TPSA) is 61.0 Å². The highest BCUT2D eigenvalue weighted by molar-refractivity contribution is 5.60. The molecule has 0 aliphatic carbocycles.